The molecule has 1 aromatic rings. The van der Waals surface area contributed by atoms with Crippen LogP contribution in [0.15, 0.2) is 35.9 Å². The van der Waals surface area contributed by atoms with Crippen LogP contribution in [0, 0.1) is 0 Å². The summed E-state index contributed by atoms with van der Waals surface area (Å²) in [4.78, 5) is 0. The van der Waals surface area contributed by atoms with Gasteiger partial charge in [0.2, 0.25) is 0 Å². The van der Waals surface area contributed by atoms with Crippen LogP contribution in [0.25, 0.3) is 6.08 Å². The lowest BCUT2D eigenvalue weighted by molar-refractivity contribution is 0.386. The summed E-state index contributed by atoms with van der Waals surface area (Å²) >= 11 is 0. The predicted octanol–water partition coefficient (Wildman–Crippen LogP) is 6.06. The van der Waals surface area contributed by atoms with Crippen LogP contribution in [0.4, 0.5) is 0 Å². The fraction of sp³-hybridized carbons (Fsp3) is 0.474. The Kier molecular flexibility index (Phi) is 6.06. The van der Waals surface area contributed by atoms with Gasteiger partial charge in [-0.25, -0.2) is 0 Å². The van der Waals surface area contributed by atoms with Gasteiger partial charge in [-0.3, -0.25) is 0 Å². The molecule has 0 unspecified atom stereocenters. The molecule has 1 rings (SSSR count). The number of methoxy groups -OCH3 is 1. The van der Waals surface area contributed by atoms with E-state index in [1.54, 1.807) is 7.11 Å². The van der Waals surface area contributed by atoms with E-state index in [0.29, 0.717) is 0 Å². The third-order valence-corrected chi connectivity index (χ3v) is 8.53. The molecule has 0 aromatic heterocycles. The maximum Gasteiger partial charge on any atom is 0.250 e. The van der Waals surface area contributed by atoms with Gasteiger partial charge in [-0.2, -0.15) is 0 Å². The van der Waals surface area contributed by atoms with Crippen molar-refractivity contribution < 1.29 is 9.16 Å². The summed E-state index contributed by atoms with van der Waals surface area (Å²) in [6.07, 6.45) is 6.27. The Balaban J connectivity index is 3.12. The average Bonchev–Trinajstić information content (AvgIpc) is 2.39. The van der Waals surface area contributed by atoms with E-state index in [9.17, 15) is 0 Å². The summed E-state index contributed by atoms with van der Waals surface area (Å²) in [6.45, 7) is 15.3. The molecular weight excluding hydrogens is 288 g/mol. The molecule has 0 saturated carbocycles. The Labute approximate surface area is 137 Å². The zero-order valence-electron chi connectivity index (χ0n) is 15.3. The molecule has 0 spiro atoms. The van der Waals surface area contributed by atoms with E-state index in [-0.39, 0.29) is 5.04 Å². The minimum Gasteiger partial charge on any atom is -0.541 e. The van der Waals surface area contributed by atoms with Gasteiger partial charge < -0.3 is 9.16 Å². The van der Waals surface area contributed by atoms with Crippen LogP contribution in [-0.2, 0) is 0 Å². The number of benzene rings is 1. The minimum atomic E-state index is -1.86. The summed E-state index contributed by atoms with van der Waals surface area (Å²) in [6, 6.07) is 6.14. The quantitative estimate of drug-likeness (QED) is 0.485. The highest BCUT2D eigenvalue weighted by atomic mass is 28.4. The second-order valence-corrected chi connectivity index (χ2v) is 11.9. The molecule has 0 amide bonds. The molecule has 0 aliphatic carbocycles. The standard InChI is InChI=1S/C19H30O2Si/c1-9-10-15(2)13-16-11-12-17(18(14-16)20-6)21-22(7,8)19(3,4)5/h9-14H,1-8H3/b10-9-,15-13+. The number of hydrogen-bond acceptors (Lipinski definition) is 2. The van der Waals surface area contributed by atoms with Crippen LogP contribution < -0.4 is 9.16 Å². The van der Waals surface area contributed by atoms with E-state index in [1.165, 1.54) is 5.57 Å². The molecule has 1 aromatic carbocycles. The van der Waals surface area contributed by atoms with Crippen molar-refractivity contribution in [1.82, 2.24) is 0 Å². The average molecular weight is 319 g/mol. The molecule has 122 valence electrons. The Bertz CT molecular complexity index is 563. The van der Waals surface area contributed by atoms with E-state index in [1.807, 2.05) is 25.1 Å². The van der Waals surface area contributed by atoms with Crippen LogP contribution in [-0.4, -0.2) is 15.4 Å². The molecule has 0 N–H and O–H groups in total. The van der Waals surface area contributed by atoms with Crippen molar-refractivity contribution in [3.8, 4) is 11.5 Å². The SMILES string of the molecule is C/C=C\C(C)=C\c1ccc(O[Si](C)(C)C(C)(C)C)c(OC)c1. The molecular formula is C19H30O2Si. The van der Waals surface area contributed by atoms with Gasteiger partial charge in [0.15, 0.2) is 5.75 Å². The number of rotatable bonds is 5. The first kappa shape index (κ1) is 18.6. The third kappa shape index (κ3) is 4.77. The highest BCUT2D eigenvalue weighted by Gasteiger charge is 2.39. The Morgan fingerprint density at radius 2 is 1.77 bits per heavy atom. The molecule has 0 aliphatic heterocycles. The topological polar surface area (TPSA) is 18.5 Å². The summed E-state index contributed by atoms with van der Waals surface area (Å²) in [5.74, 6) is 1.64. The zero-order valence-corrected chi connectivity index (χ0v) is 16.3. The van der Waals surface area contributed by atoms with E-state index in [4.69, 9.17) is 9.16 Å². The van der Waals surface area contributed by atoms with Crippen LogP contribution in [0.5, 0.6) is 11.5 Å². The van der Waals surface area contributed by atoms with E-state index in [2.05, 4.69) is 59.0 Å². The fourth-order valence-electron chi connectivity index (χ4n) is 1.86. The molecule has 0 saturated heterocycles. The smallest absolute Gasteiger partial charge is 0.250 e. The van der Waals surface area contributed by atoms with Crippen molar-refractivity contribution in [3.63, 3.8) is 0 Å². The van der Waals surface area contributed by atoms with Gasteiger partial charge in [0, 0.05) is 0 Å². The lowest BCUT2D eigenvalue weighted by atomic mass is 10.1. The lowest BCUT2D eigenvalue weighted by Gasteiger charge is -2.36. The first-order valence-electron chi connectivity index (χ1n) is 7.79. The minimum absolute atomic E-state index is 0.166. The number of ether oxygens (including phenoxy) is 1. The molecule has 2 nitrogen and oxygen atoms in total. The lowest BCUT2D eigenvalue weighted by Crippen LogP contribution is -2.43. The largest absolute Gasteiger partial charge is 0.541 e. The molecule has 0 radical (unpaired) electrons. The molecule has 0 atom stereocenters. The van der Waals surface area contributed by atoms with Crippen molar-refractivity contribution in [1.29, 1.82) is 0 Å². The van der Waals surface area contributed by atoms with Gasteiger partial charge in [0.1, 0.15) is 5.75 Å². The van der Waals surface area contributed by atoms with E-state index < -0.39 is 8.32 Å². The summed E-state index contributed by atoms with van der Waals surface area (Å²) < 4.78 is 11.9. The van der Waals surface area contributed by atoms with Crippen molar-refractivity contribution >= 4 is 14.4 Å². The number of hydrogen-bond donors (Lipinski definition) is 0. The highest BCUT2D eigenvalue weighted by Crippen LogP contribution is 2.40. The van der Waals surface area contributed by atoms with Crippen molar-refractivity contribution in [2.45, 2.75) is 52.8 Å². The maximum absolute atomic E-state index is 6.37. The van der Waals surface area contributed by atoms with E-state index in [0.717, 1.165) is 17.1 Å². The predicted molar refractivity (Wildman–Crippen MR) is 99.3 cm³/mol. The van der Waals surface area contributed by atoms with Crippen LogP contribution in [0.2, 0.25) is 18.1 Å². The summed E-state index contributed by atoms with van der Waals surface area (Å²) in [5, 5.41) is 0.166. The van der Waals surface area contributed by atoms with Gasteiger partial charge in [0.25, 0.3) is 8.32 Å². The van der Waals surface area contributed by atoms with Crippen LogP contribution >= 0.6 is 0 Å². The molecule has 0 bridgehead atoms. The molecule has 3 heteroatoms. The number of allylic oxidation sites excluding steroid dienone is 3. The van der Waals surface area contributed by atoms with Crippen LogP contribution in [0.1, 0.15) is 40.2 Å². The van der Waals surface area contributed by atoms with Crippen molar-refractivity contribution in [2.75, 3.05) is 7.11 Å². The Morgan fingerprint density at radius 3 is 2.27 bits per heavy atom. The normalized spacial score (nSPS) is 13.5. The van der Waals surface area contributed by atoms with E-state index >= 15 is 0 Å². The zero-order chi connectivity index (χ0) is 17.0. The van der Waals surface area contributed by atoms with Crippen LogP contribution in [0.3, 0.4) is 0 Å². The maximum atomic E-state index is 6.37. The van der Waals surface area contributed by atoms with Gasteiger partial charge in [-0.15, -0.1) is 0 Å². The molecule has 0 heterocycles. The Morgan fingerprint density at radius 1 is 1.14 bits per heavy atom. The molecule has 0 aliphatic rings. The fourth-order valence-corrected chi connectivity index (χ4v) is 2.88. The first-order chi connectivity index (χ1) is 10.1. The van der Waals surface area contributed by atoms with Gasteiger partial charge in [-0.05, 0) is 49.7 Å². The second-order valence-electron chi connectivity index (χ2n) is 7.16. The monoisotopic (exact) mass is 318 g/mol. The first-order valence-corrected chi connectivity index (χ1v) is 10.7. The van der Waals surface area contributed by atoms with Gasteiger partial charge in [0.05, 0.1) is 7.11 Å². The Hall–Kier alpha value is -1.48. The van der Waals surface area contributed by atoms with Crippen molar-refractivity contribution in [3.05, 3.63) is 41.5 Å². The van der Waals surface area contributed by atoms with Gasteiger partial charge >= 0.3 is 0 Å². The summed E-state index contributed by atoms with van der Waals surface area (Å²) in [7, 11) is -0.167. The molecule has 22 heavy (non-hydrogen) atoms. The van der Waals surface area contributed by atoms with Crippen molar-refractivity contribution in [2.24, 2.45) is 0 Å². The third-order valence-electron chi connectivity index (χ3n) is 4.18. The van der Waals surface area contributed by atoms with Gasteiger partial charge in [-0.1, -0.05) is 50.6 Å². The summed E-state index contributed by atoms with van der Waals surface area (Å²) in [5.41, 5.74) is 2.33. The molecule has 0 fully saturated rings. The second kappa shape index (κ2) is 7.19. The highest BCUT2D eigenvalue weighted by molar-refractivity contribution is 6.74.